The number of carbonyl (C=O) groups is 4. The summed E-state index contributed by atoms with van der Waals surface area (Å²) < 4.78 is 5.83. The fourth-order valence-electron chi connectivity index (χ4n) is 7.11. The molecule has 2 aliphatic carbocycles. The van der Waals surface area contributed by atoms with E-state index in [0.29, 0.717) is 22.6 Å². The summed E-state index contributed by atoms with van der Waals surface area (Å²) >= 11 is 14.4. The van der Waals surface area contributed by atoms with Gasteiger partial charge in [0.05, 0.1) is 24.1 Å². The fraction of sp³-hybridized carbons (Fsp3) is 0.355. The number of fused-ring (bicyclic) bond motifs is 4. The van der Waals surface area contributed by atoms with E-state index in [0.717, 1.165) is 10.5 Å². The van der Waals surface area contributed by atoms with Crippen molar-refractivity contribution in [3.05, 3.63) is 77.9 Å². The number of nitrogens with zero attached hydrogens (tertiary/aromatic N) is 2. The predicted octanol–water partition coefficient (Wildman–Crippen LogP) is 3.89. The number of carbonyl (C=O) groups excluding carboxylic acids is 4. The van der Waals surface area contributed by atoms with E-state index in [-0.39, 0.29) is 37.9 Å². The molecule has 4 amide bonds. The molecule has 8 nitrogen and oxygen atoms in total. The summed E-state index contributed by atoms with van der Waals surface area (Å²) in [5.74, 6) is -4.60. The number of imide groups is 2. The Bertz CT molecular complexity index is 1520. The van der Waals surface area contributed by atoms with Gasteiger partial charge in [-0.1, -0.05) is 54.6 Å². The van der Waals surface area contributed by atoms with E-state index in [1.54, 1.807) is 54.6 Å². The first-order valence-electron chi connectivity index (χ1n) is 13.4. The third-order valence-corrected chi connectivity index (χ3v) is 10.4. The standard InChI is InChI=1S/C31H28Cl2N2O6/c1-3-17-8-10-18(11-9-17)35-26(37)21-13-12-19-22(24(21)27(35)38)16-30(32)28(39)34(2)29(40)31(30,33)25(19)20-6-4-5-7-23(20)41-15-14-36/h3-12,21-22,24-25,36H,1,13-16H2,2H3. The van der Waals surface area contributed by atoms with Crippen molar-refractivity contribution in [2.45, 2.75) is 28.5 Å². The van der Waals surface area contributed by atoms with E-state index in [1.165, 1.54) is 11.9 Å². The maximum Gasteiger partial charge on any atom is 0.253 e. The van der Waals surface area contributed by atoms with Crippen LogP contribution in [0, 0.1) is 17.8 Å². The van der Waals surface area contributed by atoms with Gasteiger partial charge in [-0.05, 0) is 42.5 Å². The molecule has 3 fully saturated rings. The largest absolute Gasteiger partial charge is 0.491 e. The van der Waals surface area contributed by atoms with Gasteiger partial charge in [0.1, 0.15) is 12.4 Å². The summed E-state index contributed by atoms with van der Waals surface area (Å²) in [7, 11) is 1.35. The second-order valence-electron chi connectivity index (χ2n) is 10.9. The number of allylic oxidation sites excluding steroid dienone is 2. The van der Waals surface area contributed by atoms with Crippen LogP contribution in [0.25, 0.3) is 6.08 Å². The minimum Gasteiger partial charge on any atom is -0.491 e. The Morgan fingerprint density at radius 2 is 1.73 bits per heavy atom. The molecule has 10 heteroatoms. The minimum atomic E-state index is -1.90. The lowest BCUT2D eigenvalue weighted by Crippen LogP contribution is -2.60. The van der Waals surface area contributed by atoms with Crippen LogP contribution >= 0.6 is 23.2 Å². The average Bonchev–Trinajstić information content (AvgIpc) is 3.31. The normalized spacial score (nSPS) is 32.4. The summed E-state index contributed by atoms with van der Waals surface area (Å²) in [6.07, 6.45) is 3.73. The number of amides is 4. The van der Waals surface area contributed by atoms with Crippen molar-refractivity contribution in [1.82, 2.24) is 4.90 Å². The maximum atomic E-state index is 14.1. The molecule has 6 rings (SSSR count). The zero-order valence-electron chi connectivity index (χ0n) is 22.3. The van der Waals surface area contributed by atoms with Gasteiger partial charge in [0.25, 0.3) is 11.8 Å². The second kappa shape index (κ2) is 9.82. The monoisotopic (exact) mass is 594 g/mol. The minimum absolute atomic E-state index is 0.00240. The van der Waals surface area contributed by atoms with Gasteiger partial charge in [0.15, 0.2) is 9.75 Å². The molecule has 2 aromatic carbocycles. The number of aliphatic hydroxyl groups excluding tert-OH is 1. The molecule has 1 N–H and O–H groups in total. The molecular weight excluding hydrogens is 567 g/mol. The van der Waals surface area contributed by atoms with Gasteiger partial charge < -0.3 is 9.84 Å². The lowest BCUT2D eigenvalue weighted by molar-refractivity contribution is -0.138. The van der Waals surface area contributed by atoms with Crippen molar-refractivity contribution < 1.29 is 29.0 Å². The number of anilines is 1. The predicted molar refractivity (Wildman–Crippen MR) is 154 cm³/mol. The summed E-state index contributed by atoms with van der Waals surface area (Å²) in [6, 6.07) is 13.9. The molecule has 2 heterocycles. The molecule has 0 radical (unpaired) electrons. The summed E-state index contributed by atoms with van der Waals surface area (Å²) in [4.78, 5) is 53.5. The molecule has 0 aromatic heterocycles. The SMILES string of the molecule is C=Cc1ccc(N2C(=O)C3CC=C4C(CC5(Cl)C(=O)N(C)C(=O)C5(Cl)C4c4ccccc4OCCO)C3C2=O)cc1. The van der Waals surface area contributed by atoms with Crippen LogP contribution < -0.4 is 9.64 Å². The van der Waals surface area contributed by atoms with Crippen molar-refractivity contribution in [1.29, 1.82) is 0 Å². The number of hydrogen-bond acceptors (Lipinski definition) is 6. The first-order valence-corrected chi connectivity index (χ1v) is 14.2. The van der Waals surface area contributed by atoms with Gasteiger partial charge in [0.2, 0.25) is 11.8 Å². The topological polar surface area (TPSA) is 104 Å². The second-order valence-corrected chi connectivity index (χ2v) is 12.2. The smallest absolute Gasteiger partial charge is 0.253 e. The Kier molecular flexibility index (Phi) is 6.64. The molecule has 4 aliphatic rings. The van der Waals surface area contributed by atoms with Crippen molar-refractivity contribution >= 4 is 58.6 Å². The Morgan fingerprint density at radius 1 is 1.02 bits per heavy atom. The molecule has 0 bridgehead atoms. The fourth-order valence-corrected chi connectivity index (χ4v) is 8.12. The molecule has 212 valence electrons. The van der Waals surface area contributed by atoms with Gasteiger partial charge in [-0.15, -0.1) is 23.2 Å². The molecule has 1 saturated carbocycles. The number of rotatable bonds is 6. The van der Waals surface area contributed by atoms with Gasteiger partial charge >= 0.3 is 0 Å². The number of halogens is 2. The van der Waals surface area contributed by atoms with Crippen LogP contribution in [-0.2, 0) is 19.2 Å². The number of alkyl halides is 2. The highest BCUT2D eigenvalue weighted by atomic mass is 35.5. The van der Waals surface area contributed by atoms with Crippen LogP contribution in [-0.4, -0.2) is 63.6 Å². The first kappa shape index (κ1) is 27.7. The summed E-state index contributed by atoms with van der Waals surface area (Å²) in [5.41, 5.74) is 2.50. The van der Waals surface area contributed by atoms with E-state index >= 15 is 0 Å². The lowest BCUT2D eigenvalue weighted by atomic mass is 9.56. The van der Waals surface area contributed by atoms with Crippen LogP contribution in [0.15, 0.2) is 66.8 Å². The van der Waals surface area contributed by atoms with E-state index in [4.69, 9.17) is 27.9 Å². The Labute approximate surface area is 247 Å². The molecule has 6 unspecified atom stereocenters. The van der Waals surface area contributed by atoms with Gasteiger partial charge in [0, 0.05) is 18.5 Å². The highest BCUT2D eigenvalue weighted by Crippen LogP contribution is 2.66. The third-order valence-electron chi connectivity index (χ3n) is 8.98. The highest BCUT2D eigenvalue weighted by Gasteiger charge is 2.76. The number of likely N-dealkylation sites (tertiary alicyclic amines) is 1. The van der Waals surface area contributed by atoms with Crippen LogP contribution in [0.2, 0.25) is 0 Å². The van der Waals surface area contributed by atoms with Crippen molar-refractivity contribution in [2.75, 3.05) is 25.2 Å². The average molecular weight is 595 g/mol. The number of para-hydroxylation sites is 1. The molecule has 2 aromatic rings. The number of ether oxygens (including phenoxy) is 1. The molecule has 6 atom stereocenters. The van der Waals surface area contributed by atoms with E-state index in [2.05, 4.69) is 6.58 Å². The molecular formula is C31H28Cl2N2O6. The van der Waals surface area contributed by atoms with Crippen LogP contribution in [0.1, 0.15) is 29.9 Å². The summed E-state index contributed by atoms with van der Waals surface area (Å²) in [5, 5.41) is 9.41. The molecule has 2 saturated heterocycles. The van der Waals surface area contributed by atoms with Crippen LogP contribution in [0.4, 0.5) is 5.69 Å². The number of aliphatic hydroxyl groups is 1. The van der Waals surface area contributed by atoms with Crippen LogP contribution in [0.3, 0.4) is 0 Å². The Balaban J connectivity index is 1.50. The third kappa shape index (κ3) is 3.70. The maximum absolute atomic E-state index is 14.1. The van der Waals surface area contributed by atoms with E-state index < -0.39 is 45.2 Å². The van der Waals surface area contributed by atoms with Crippen molar-refractivity contribution in [3.63, 3.8) is 0 Å². The van der Waals surface area contributed by atoms with Crippen LogP contribution in [0.5, 0.6) is 5.75 Å². The molecule has 0 spiro atoms. The number of hydrogen-bond donors (Lipinski definition) is 1. The quantitative estimate of drug-likeness (QED) is 0.309. The lowest BCUT2D eigenvalue weighted by Gasteiger charge is -2.51. The highest BCUT2D eigenvalue weighted by molar-refractivity contribution is 6.53. The molecule has 41 heavy (non-hydrogen) atoms. The Morgan fingerprint density at radius 3 is 2.41 bits per heavy atom. The summed E-state index contributed by atoms with van der Waals surface area (Å²) in [6.45, 7) is 3.51. The van der Waals surface area contributed by atoms with Gasteiger partial charge in [-0.2, -0.15) is 0 Å². The molecule has 2 aliphatic heterocycles. The van der Waals surface area contributed by atoms with E-state index in [9.17, 15) is 24.3 Å². The Hall–Kier alpha value is -3.46. The van der Waals surface area contributed by atoms with Crippen molar-refractivity contribution in [2.24, 2.45) is 17.8 Å². The van der Waals surface area contributed by atoms with E-state index in [1.807, 2.05) is 6.08 Å². The first-order chi connectivity index (χ1) is 19.6. The zero-order chi connectivity index (χ0) is 29.3. The van der Waals surface area contributed by atoms with Gasteiger partial charge in [-0.25, -0.2) is 0 Å². The number of benzene rings is 2. The zero-order valence-corrected chi connectivity index (χ0v) is 23.8. The van der Waals surface area contributed by atoms with Gasteiger partial charge in [-0.3, -0.25) is 29.0 Å². The van der Waals surface area contributed by atoms with Crippen molar-refractivity contribution in [3.8, 4) is 5.75 Å².